The quantitative estimate of drug-likeness (QED) is 0.917. The lowest BCUT2D eigenvalue weighted by molar-refractivity contribution is -0.115. The molecule has 0 saturated heterocycles. The summed E-state index contributed by atoms with van der Waals surface area (Å²) in [6.07, 6.45) is 0. The number of hydrogen-bond acceptors (Lipinski definition) is 4. The van der Waals surface area contributed by atoms with Gasteiger partial charge in [-0.3, -0.25) is 9.00 Å². The van der Waals surface area contributed by atoms with Gasteiger partial charge < -0.3 is 9.84 Å². The number of aryl methyl sites for hydroxylation is 1. The number of carbonyl (C=O) groups is 1. The van der Waals surface area contributed by atoms with Gasteiger partial charge in [-0.15, -0.1) is 0 Å². The SMILES string of the molecule is Cc1cc(NC(=O)C(C)S(=O)Cc2cccc(Cl)c2)no1. The zero-order chi connectivity index (χ0) is 15.4. The van der Waals surface area contributed by atoms with Crippen molar-refractivity contribution in [2.45, 2.75) is 24.9 Å². The Kier molecular flexibility index (Phi) is 5.14. The summed E-state index contributed by atoms with van der Waals surface area (Å²) in [5.74, 6) is 0.832. The highest BCUT2D eigenvalue weighted by Crippen LogP contribution is 2.15. The molecule has 2 aromatic rings. The molecule has 0 spiro atoms. The number of carbonyl (C=O) groups excluding carboxylic acids is 1. The first-order valence-corrected chi connectivity index (χ1v) is 8.07. The molecule has 0 aliphatic rings. The minimum absolute atomic E-state index is 0.271. The summed E-state index contributed by atoms with van der Waals surface area (Å²) in [7, 11) is -1.35. The molecule has 7 heteroatoms. The van der Waals surface area contributed by atoms with Crippen molar-refractivity contribution in [2.24, 2.45) is 0 Å². The topological polar surface area (TPSA) is 72.2 Å². The van der Waals surface area contributed by atoms with E-state index in [1.807, 2.05) is 6.07 Å². The van der Waals surface area contributed by atoms with Crippen LogP contribution in [0.1, 0.15) is 18.2 Å². The van der Waals surface area contributed by atoms with E-state index >= 15 is 0 Å². The highest BCUT2D eigenvalue weighted by molar-refractivity contribution is 7.85. The van der Waals surface area contributed by atoms with E-state index in [-0.39, 0.29) is 11.7 Å². The number of amides is 1. The van der Waals surface area contributed by atoms with E-state index in [9.17, 15) is 9.00 Å². The molecule has 1 aromatic carbocycles. The summed E-state index contributed by atoms with van der Waals surface area (Å²) in [5, 5.41) is 6.16. The summed E-state index contributed by atoms with van der Waals surface area (Å²) >= 11 is 5.88. The molecule has 0 aliphatic heterocycles. The molecule has 2 unspecified atom stereocenters. The van der Waals surface area contributed by atoms with E-state index in [0.29, 0.717) is 16.6 Å². The molecule has 2 atom stereocenters. The fourth-order valence-electron chi connectivity index (χ4n) is 1.69. The summed E-state index contributed by atoms with van der Waals surface area (Å²) in [4.78, 5) is 12.0. The number of nitrogens with one attached hydrogen (secondary N) is 1. The van der Waals surface area contributed by atoms with Crippen molar-refractivity contribution in [3.05, 3.63) is 46.7 Å². The molecule has 1 aromatic heterocycles. The normalized spacial score (nSPS) is 13.7. The van der Waals surface area contributed by atoms with Crippen LogP contribution in [0, 0.1) is 6.92 Å². The number of rotatable bonds is 5. The van der Waals surface area contributed by atoms with Gasteiger partial charge in [-0.05, 0) is 31.5 Å². The first-order valence-electron chi connectivity index (χ1n) is 6.31. The third-order valence-corrected chi connectivity index (χ3v) is 4.70. The van der Waals surface area contributed by atoms with Crippen molar-refractivity contribution < 1.29 is 13.5 Å². The Balaban J connectivity index is 1.96. The maximum atomic E-state index is 12.2. The van der Waals surface area contributed by atoms with Crippen LogP contribution in [-0.4, -0.2) is 20.5 Å². The fraction of sp³-hybridized carbons (Fsp3) is 0.286. The number of nitrogens with zero attached hydrogens (tertiary/aromatic N) is 1. The highest BCUT2D eigenvalue weighted by Gasteiger charge is 2.21. The van der Waals surface area contributed by atoms with E-state index in [2.05, 4.69) is 10.5 Å². The molecule has 0 aliphatic carbocycles. The molecule has 0 fully saturated rings. The van der Waals surface area contributed by atoms with Crippen LogP contribution in [0.5, 0.6) is 0 Å². The van der Waals surface area contributed by atoms with Gasteiger partial charge in [0.1, 0.15) is 11.0 Å². The minimum atomic E-state index is -1.35. The molecule has 112 valence electrons. The second kappa shape index (κ2) is 6.87. The third-order valence-electron chi connectivity index (χ3n) is 2.84. The zero-order valence-corrected chi connectivity index (χ0v) is 13.2. The van der Waals surface area contributed by atoms with Gasteiger partial charge in [0, 0.05) is 27.6 Å². The van der Waals surface area contributed by atoms with Crippen LogP contribution in [0.15, 0.2) is 34.9 Å². The Labute approximate surface area is 130 Å². The van der Waals surface area contributed by atoms with Crippen LogP contribution >= 0.6 is 11.6 Å². The Morgan fingerprint density at radius 1 is 1.48 bits per heavy atom. The van der Waals surface area contributed by atoms with Crippen molar-refractivity contribution >= 4 is 34.1 Å². The van der Waals surface area contributed by atoms with Gasteiger partial charge in [0.25, 0.3) is 0 Å². The first kappa shape index (κ1) is 15.7. The van der Waals surface area contributed by atoms with Crippen molar-refractivity contribution in [3.8, 4) is 0 Å². The molecule has 0 bridgehead atoms. The van der Waals surface area contributed by atoms with E-state index in [4.69, 9.17) is 16.1 Å². The molecule has 5 nitrogen and oxygen atoms in total. The van der Waals surface area contributed by atoms with Gasteiger partial charge in [0.2, 0.25) is 5.91 Å². The standard InChI is InChI=1S/C14H15ClN2O3S/c1-9-6-13(17-20-9)16-14(18)10(2)21(19)8-11-4-3-5-12(15)7-11/h3-7,10H,8H2,1-2H3,(H,16,17,18). The highest BCUT2D eigenvalue weighted by atomic mass is 35.5. The summed E-state index contributed by atoms with van der Waals surface area (Å²) < 4.78 is 17.1. The molecular weight excluding hydrogens is 312 g/mol. The predicted octanol–water partition coefficient (Wildman–Crippen LogP) is 2.91. The Morgan fingerprint density at radius 3 is 2.86 bits per heavy atom. The lowest BCUT2D eigenvalue weighted by atomic mass is 10.2. The average Bonchev–Trinajstić information content (AvgIpc) is 2.83. The van der Waals surface area contributed by atoms with Crippen LogP contribution in [0.4, 0.5) is 5.82 Å². The summed E-state index contributed by atoms with van der Waals surface area (Å²) in [5.41, 5.74) is 0.831. The van der Waals surface area contributed by atoms with Crippen LogP contribution in [0.25, 0.3) is 0 Å². The molecule has 1 N–H and O–H groups in total. The van der Waals surface area contributed by atoms with E-state index < -0.39 is 16.0 Å². The van der Waals surface area contributed by atoms with Gasteiger partial charge in [0.15, 0.2) is 5.82 Å². The summed E-state index contributed by atoms with van der Waals surface area (Å²) in [6.45, 7) is 3.34. The van der Waals surface area contributed by atoms with E-state index in [0.717, 1.165) is 5.56 Å². The van der Waals surface area contributed by atoms with Crippen molar-refractivity contribution in [1.82, 2.24) is 5.16 Å². The number of aromatic nitrogens is 1. The van der Waals surface area contributed by atoms with E-state index in [1.165, 1.54) is 0 Å². The lowest BCUT2D eigenvalue weighted by Crippen LogP contribution is -2.29. The number of anilines is 1. The first-order chi connectivity index (χ1) is 9.95. The molecule has 2 rings (SSSR count). The van der Waals surface area contributed by atoms with Gasteiger partial charge in [-0.2, -0.15) is 0 Å². The third kappa shape index (κ3) is 4.41. The molecular formula is C14H15ClN2O3S. The zero-order valence-electron chi connectivity index (χ0n) is 11.6. The average molecular weight is 327 g/mol. The largest absolute Gasteiger partial charge is 0.360 e. The van der Waals surface area contributed by atoms with Gasteiger partial charge in [-0.1, -0.05) is 28.9 Å². The van der Waals surface area contributed by atoms with Gasteiger partial charge in [-0.25, -0.2) is 0 Å². The van der Waals surface area contributed by atoms with Crippen molar-refractivity contribution in [1.29, 1.82) is 0 Å². The lowest BCUT2D eigenvalue weighted by Gasteiger charge is -2.10. The minimum Gasteiger partial charge on any atom is -0.360 e. The van der Waals surface area contributed by atoms with Crippen molar-refractivity contribution in [2.75, 3.05) is 5.32 Å². The summed E-state index contributed by atoms with van der Waals surface area (Å²) in [6, 6.07) is 8.71. The second-order valence-electron chi connectivity index (χ2n) is 4.61. The second-order valence-corrected chi connectivity index (χ2v) is 6.80. The van der Waals surface area contributed by atoms with Crippen LogP contribution in [0.2, 0.25) is 5.02 Å². The number of benzene rings is 1. The smallest absolute Gasteiger partial charge is 0.241 e. The number of halogens is 1. The monoisotopic (exact) mass is 326 g/mol. The Morgan fingerprint density at radius 2 is 2.24 bits per heavy atom. The van der Waals surface area contributed by atoms with E-state index in [1.54, 1.807) is 38.1 Å². The van der Waals surface area contributed by atoms with Gasteiger partial charge >= 0.3 is 0 Å². The van der Waals surface area contributed by atoms with Crippen LogP contribution < -0.4 is 5.32 Å². The van der Waals surface area contributed by atoms with Crippen molar-refractivity contribution in [3.63, 3.8) is 0 Å². The Bertz CT molecular complexity index is 672. The Hall–Kier alpha value is -1.66. The fourth-order valence-corrected chi connectivity index (χ4v) is 2.96. The van der Waals surface area contributed by atoms with Crippen LogP contribution in [-0.2, 0) is 21.3 Å². The number of hydrogen-bond donors (Lipinski definition) is 1. The van der Waals surface area contributed by atoms with Crippen LogP contribution in [0.3, 0.4) is 0 Å². The van der Waals surface area contributed by atoms with Gasteiger partial charge in [0.05, 0.1) is 0 Å². The maximum absolute atomic E-state index is 12.2. The molecule has 21 heavy (non-hydrogen) atoms. The molecule has 1 amide bonds. The maximum Gasteiger partial charge on any atom is 0.241 e. The predicted molar refractivity (Wildman–Crippen MR) is 82.6 cm³/mol. The molecule has 0 radical (unpaired) electrons. The molecule has 1 heterocycles. The molecule has 0 saturated carbocycles.